The fourth-order valence-electron chi connectivity index (χ4n) is 5.16. The Hall–Kier alpha value is -3.39. The number of pyridine rings is 2. The largest absolute Gasteiger partial charge is 0.353 e. The lowest BCUT2D eigenvalue weighted by atomic mass is 9.95. The number of H-pyrrole nitrogens is 1. The number of nitrogens with one attached hydrogen (secondary N) is 1. The molecule has 184 valence electrons. The van der Waals surface area contributed by atoms with Gasteiger partial charge in [-0.25, -0.2) is 9.50 Å². The summed E-state index contributed by atoms with van der Waals surface area (Å²) in [5.74, 6) is 1.46. The molecule has 0 unspecified atom stereocenters. The third-order valence-corrected chi connectivity index (χ3v) is 7.19. The topological polar surface area (TPSA) is 72.8 Å². The number of piperazine rings is 1. The molecular formula is C27H35N7O. The average molecular weight is 474 g/mol. The van der Waals surface area contributed by atoms with Gasteiger partial charge in [-0.05, 0) is 63.2 Å². The Morgan fingerprint density at radius 3 is 2.51 bits per heavy atom. The van der Waals surface area contributed by atoms with Gasteiger partial charge in [0.05, 0.1) is 28.8 Å². The minimum Gasteiger partial charge on any atom is -0.353 e. The van der Waals surface area contributed by atoms with E-state index in [1.165, 1.54) is 16.7 Å². The lowest BCUT2D eigenvalue weighted by Crippen LogP contribution is -2.50. The maximum Gasteiger partial charge on any atom is 0.236 e. The average Bonchev–Trinajstić information content (AvgIpc) is 3.45. The Morgan fingerprint density at radius 1 is 1.09 bits per heavy atom. The number of aromatic amines is 1. The fraction of sp³-hybridized carbons (Fsp3) is 0.444. The summed E-state index contributed by atoms with van der Waals surface area (Å²) >= 11 is 0. The number of hydrogen-bond donors (Lipinski definition) is 1. The standard InChI is InChI=1S/C27H35N7O/c1-17(2)25-26(20-15-34-22(9-10-28-34)19(4)18(20)3)29-21-7-8-23(30-27(21)25)32-11-13-33(14-12-32)24(35)16-31(5)6/h7-10,15,17,29H,11-14,16H2,1-6H3. The molecule has 1 saturated heterocycles. The van der Waals surface area contributed by atoms with Crippen molar-refractivity contribution in [1.29, 1.82) is 0 Å². The predicted molar refractivity (Wildman–Crippen MR) is 141 cm³/mol. The summed E-state index contributed by atoms with van der Waals surface area (Å²) in [6.07, 6.45) is 3.97. The summed E-state index contributed by atoms with van der Waals surface area (Å²) in [6.45, 7) is 12.3. The molecule has 1 aliphatic heterocycles. The molecule has 4 aromatic heterocycles. The van der Waals surface area contributed by atoms with Gasteiger partial charge in [0.25, 0.3) is 0 Å². The molecule has 4 aromatic rings. The summed E-state index contributed by atoms with van der Waals surface area (Å²) in [5, 5.41) is 4.49. The Balaban J connectivity index is 1.50. The lowest BCUT2D eigenvalue weighted by molar-refractivity contribution is -0.132. The van der Waals surface area contributed by atoms with Gasteiger partial charge in [0, 0.05) is 49.7 Å². The first kappa shape index (κ1) is 23.4. The number of anilines is 1. The van der Waals surface area contributed by atoms with Gasteiger partial charge in [0.1, 0.15) is 5.82 Å². The lowest BCUT2D eigenvalue weighted by Gasteiger charge is -2.36. The SMILES string of the molecule is Cc1c(-c2[nH]c3ccc(N4CCN(C(=O)CN(C)C)CC4)nc3c2C(C)C)cn2nccc2c1C. The van der Waals surface area contributed by atoms with E-state index in [-0.39, 0.29) is 5.91 Å². The molecule has 5 rings (SSSR count). The van der Waals surface area contributed by atoms with Gasteiger partial charge in [-0.2, -0.15) is 5.10 Å². The Kier molecular flexibility index (Phi) is 6.01. The summed E-state index contributed by atoms with van der Waals surface area (Å²) in [6, 6.07) is 6.30. The van der Waals surface area contributed by atoms with Crippen LogP contribution in [0.15, 0.2) is 30.6 Å². The number of carbonyl (C=O) groups excluding carboxylic acids is 1. The van der Waals surface area contributed by atoms with Crippen LogP contribution in [0.5, 0.6) is 0 Å². The van der Waals surface area contributed by atoms with E-state index in [4.69, 9.17) is 4.98 Å². The minimum atomic E-state index is 0.190. The molecular weight excluding hydrogens is 438 g/mol. The highest BCUT2D eigenvalue weighted by molar-refractivity contribution is 5.90. The van der Waals surface area contributed by atoms with E-state index in [1.54, 1.807) is 0 Å². The Morgan fingerprint density at radius 2 is 1.83 bits per heavy atom. The van der Waals surface area contributed by atoms with Crippen molar-refractivity contribution in [1.82, 2.24) is 29.4 Å². The van der Waals surface area contributed by atoms with E-state index < -0.39 is 0 Å². The quantitative estimate of drug-likeness (QED) is 0.477. The molecule has 8 nitrogen and oxygen atoms in total. The molecule has 0 bridgehead atoms. The van der Waals surface area contributed by atoms with E-state index in [0.717, 1.165) is 59.8 Å². The number of amides is 1. The minimum absolute atomic E-state index is 0.190. The van der Waals surface area contributed by atoms with Crippen LogP contribution < -0.4 is 4.90 Å². The summed E-state index contributed by atoms with van der Waals surface area (Å²) in [4.78, 5) is 27.4. The van der Waals surface area contributed by atoms with Crippen LogP contribution in [0.2, 0.25) is 0 Å². The van der Waals surface area contributed by atoms with Crippen molar-refractivity contribution in [3.8, 4) is 11.3 Å². The highest BCUT2D eigenvalue weighted by atomic mass is 16.2. The van der Waals surface area contributed by atoms with Crippen LogP contribution >= 0.6 is 0 Å². The van der Waals surface area contributed by atoms with Crippen LogP contribution in [0.3, 0.4) is 0 Å². The van der Waals surface area contributed by atoms with Gasteiger partial charge in [0.15, 0.2) is 0 Å². The van der Waals surface area contributed by atoms with Crippen molar-refractivity contribution in [3.63, 3.8) is 0 Å². The number of rotatable bonds is 5. The zero-order valence-electron chi connectivity index (χ0n) is 21.6. The van der Waals surface area contributed by atoms with Crippen LogP contribution in [0.1, 0.15) is 36.5 Å². The van der Waals surface area contributed by atoms with E-state index in [9.17, 15) is 4.79 Å². The fourth-order valence-corrected chi connectivity index (χ4v) is 5.16. The molecule has 0 atom stereocenters. The molecule has 1 aliphatic rings. The van der Waals surface area contributed by atoms with E-state index in [2.05, 4.69) is 67.1 Å². The number of hydrogen-bond acceptors (Lipinski definition) is 5. The molecule has 0 spiro atoms. The summed E-state index contributed by atoms with van der Waals surface area (Å²) < 4.78 is 1.96. The maximum absolute atomic E-state index is 12.4. The summed E-state index contributed by atoms with van der Waals surface area (Å²) in [7, 11) is 3.86. The number of aromatic nitrogens is 4. The highest BCUT2D eigenvalue weighted by Gasteiger charge is 2.24. The third kappa shape index (κ3) is 4.16. The summed E-state index contributed by atoms with van der Waals surface area (Å²) in [5.41, 5.74) is 9.22. The van der Waals surface area contributed by atoms with Crippen molar-refractivity contribution in [2.24, 2.45) is 0 Å². The number of likely N-dealkylation sites (N-methyl/N-ethyl adjacent to an activating group) is 1. The number of fused-ring (bicyclic) bond motifs is 2. The van der Waals surface area contributed by atoms with Crippen molar-refractivity contribution >= 4 is 28.3 Å². The molecule has 0 aromatic carbocycles. The predicted octanol–water partition coefficient (Wildman–Crippen LogP) is 3.83. The van der Waals surface area contributed by atoms with E-state index in [0.29, 0.717) is 12.5 Å². The van der Waals surface area contributed by atoms with Crippen molar-refractivity contribution in [3.05, 3.63) is 47.3 Å². The molecule has 8 heteroatoms. The van der Waals surface area contributed by atoms with Gasteiger partial charge < -0.3 is 19.7 Å². The molecule has 35 heavy (non-hydrogen) atoms. The number of aryl methyl sites for hydroxylation is 1. The molecule has 1 fully saturated rings. The highest BCUT2D eigenvalue weighted by Crippen LogP contribution is 2.38. The molecule has 0 saturated carbocycles. The molecule has 5 heterocycles. The Labute approximate surface area is 206 Å². The van der Waals surface area contributed by atoms with Crippen LogP contribution in [0.25, 0.3) is 27.8 Å². The normalized spacial score (nSPS) is 14.7. The van der Waals surface area contributed by atoms with Gasteiger partial charge >= 0.3 is 0 Å². The second kappa shape index (κ2) is 9.00. The van der Waals surface area contributed by atoms with Gasteiger partial charge in [-0.3, -0.25) is 4.79 Å². The molecule has 0 radical (unpaired) electrons. The molecule has 0 aliphatic carbocycles. The Bertz CT molecular complexity index is 1390. The zero-order chi connectivity index (χ0) is 24.9. The van der Waals surface area contributed by atoms with E-state index in [1.807, 2.05) is 34.6 Å². The smallest absolute Gasteiger partial charge is 0.236 e. The second-order valence-electron chi connectivity index (χ2n) is 10.2. The first-order chi connectivity index (χ1) is 16.7. The second-order valence-corrected chi connectivity index (χ2v) is 10.2. The number of nitrogens with zero attached hydrogens (tertiary/aromatic N) is 6. The van der Waals surface area contributed by atoms with E-state index >= 15 is 0 Å². The van der Waals surface area contributed by atoms with Crippen molar-refractivity contribution in [2.75, 3.05) is 51.7 Å². The van der Waals surface area contributed by atoms with Crippen molar-refractivity contribution in [2.45, 2.75) is 33.6 Å². The first-order valence-corrected chi connectivity index (χ1v) is 12.4. The van der Waals surface area contributed by atoms with Crippen LogP contribution in [-0.2, 0) is 4.79 Å². The number of carbonyl (C=O) groups is 1. The van der Waals surface area contributed by atoms with Gasteiger partial charge in [0.2, 0.25) is 5.91 Å². The molecule has 1 amide bonds. The van der Waals surface area contributed by atoms with Gasteiger partial charge in [-0.15, -0.1) is 0 Å². The molecule has 1 N–H and O–H groups in total. The third-order valence-electron chi connectivity index (χ3n) is 7.19. The van der Waals surface area contributed by atoms with Crippen LogP contribution in [0, 0.1) is 13.8 Å². The maximum atomic E-state index is 12.4. The first-order valence-electron chi connectivity index (χ1n) is 12.4. The van der Waals surface area contributed by atoms with Crippen LogP contribution in [0.4, 0.5) is 5.82 Å². The zero-order valence-corrected chi connectivity index (χ0v) is 21.6. The van der Waals surface area contributed by atoms with Crippen LogP contribution in [-0.4, -0.2) is 82.1 Å². The monoisotopic (exact) mass is 473 g/mol. The van der Waals surface area contributed by atoms with Gasteiger partial charge in [-0.1, -0.05) is 13.8 Å². The van der Waals surface area contributed by atoms with Crippen molar-refractivity contribution < 1.29 is 4.79 Å².